The van der Waals surface area contributed by atoms with E-state index >= 15 is 0 Å². The second kappa shape index (κ2) is 8.72. The third-order valence-corrected chi connectivity index (χ3v) is 11.9. The fourth-order valence-corrected chi connectivity index (χ4v) is 9.79. The fourth-order valence-electron chi connectivity index (χ4n) is 9.24. The van der Waals surface area contributed by atoms with Crippen molar-refractivity contribution in [3.63, 3.8) is 0 Å². The van der Waals surface area contributed by atoms with Gasteiger partial charge >= 0.3 is 0 Å². The van der Waals surface area contributed by atoms with Crippen LogP contribution in [0.3, 0.4) is 0 Å². The van der Waals surface area contributed by atoms with E-state index in [4.69, 9.17) is 4.74 Å². The third kappa shape index (κ3) is 3.89. The second-order valence-corrected chi connectivity index (χ2v) is 14.5. The molecule has 34 heavy (non-hydrogen) atoms. The molecule has 0 amide bonds. The van der Waals surface area contributed by atoms with Crippen LogP contribution in [0.4, 0.5) is 0 Å². The predicted molar refractivity (Wildman–Crippen MR) is 131 cm³/mol. The molecule has 4 fully saturated rings. The number of carbonyl (C=O) groups excluding carboxylic acids is 1. The van der Waals surface area contributed by atoms with E-state index in [1.807, 2.05) is 7.11 Å². The summed E-state index contributed by atoms with van der Waals surface area (Å²) in [6, 6.07) is 0. The molecule has 4 aliphatic carbocycles. The van der Waals surface area contributed by atoms with Gasteiger partial charge in [0.05, 0.1) is 19.3 Å². The molecule has 8 atom stereocenters. The van der Waals surface area contributed by atoms with Gasteiger partial charge in [-0.1, -0.05) is 20.3 Å². The lowest BCUT2D eigenvalue weighted by Crippen LogP contribution is -2.56. The average Bonchev–Trinajstić information content (AvgIpc) is 3.38. The molecule has 6 nitrogen and oxygen atoms in total. The molecule has 7 heteroatoms. The van der Waals surface area contributed by atoms with E-state index in [0.717, 1.165) is 43.6 Å². The lowest BCUT2D eigenvalue weighted by Gasteiger charge is -2.61. The molecular formula is C27H42N2O4S. The van der Waals surface area contributed by atoms with Gasteiger partial charge in [0.25, 0.3) is 0 Å². The first kappa shape index (κ1) is 24.5. The van der Waals surface area contributed by atoms with Crippen molar-refractivity contribution in [2.24, 2.45) is 46.3 Å². The zero-order chi connectivity index (χ0) is 24.3. The van der Waals surface area contributed by atoms with Crippen molar-refractivity contribution in [2.75, 3.05) is 20.0 Å². The number of methoxy groups -OCH3 is 1. The highest BCUT2D eigenvalue weighted by atomic mass is 32.2. The topological polar surface area (TPSA) is 78.3 Å². The number of carbonyl (C=O) groups is 1. The van der Waals surface area contributed by atoms with Gasteiger partial charge in [-0.25, -0.2) is 8.42 Å². The monoisotopic (exact) mass is 490 g/mol. The van der Waals surface area contributed by atoms with Crippen LogP contribution in [0.15, 0.2) is 17.3 Å². The van der Waals surface area contributed by atoms with Crippen molar-refractivity contribution in [3.05, 3.63) is 12.4 Å². The lowest BCUT2D eigenvalue weighted by molar-refractivity contribution is -0.154. The van der Waals surface area contributed by atoms with Crippen molar-refractivity contribution in [3.8, 4) is 0 Å². The van der Waals surface area contributed by atoms with Crippen LogP contribution in [-0.4, -0.2) is 44.0 Å². The lowest BCUT2D eigenvalue weighted by atomic mass is 9.44. The summed E-state index contributed by atoms with van der Waals surface area (Å²) in [6.07, 6.45) is 15.1. The highest BCUT2D eigenvalue weighted by Crippen LogP contribution is 2.68. The Morgan fingerprint density at radius 1 is 1.15 bits per heavy atom. The van der Waals surface area contributed by atoms with Crippen LogP contribution in [0.2, 0.25) is 0 Å². The van der Waals surface area contributed by atoms with Crippen LogP contribution >= 0.6 is 0 Å². The first-order chi connectivity index (χ1) is 16.1. The Balaban J connectivity index is 1.35. The number of ketones is 1. The van der Waals surface area contributed by atoms with E-state index in [2.05, 4.69) is 18.9 Å². The molecule has 1 aromatic rings. The summed E-state index contributed by atoms with van der Waals surface area (Å²) in [4.78, 5) is 13.7. The zero-order valence-corrected chi connectivity index (χ0v) is 22.1. The van der Waals surface area contributed by atoms with Crippen molar-refractivity contribution >= 4 is 15.6 Å². The summed E-state index contributed by atoms with van der Waals surface area (Å²) in [5.41, 5.74) is 0.388. The van der Waals surface area contributed by atoms with E-state index in [1.165, 1.54) is 61.9 Å². The van der Waals surface area contributed by atoms with E-state index in [9.17, 15) is 13.2 Å². The quantitative estimate of drug-likeness (QED) is 0.574. The minimum Gasteiger partial charge on any atom is -0.384 e. The number of ether oxygens (including phenoxy) is 1. The summed E-state index contributed by atoms with van der Waals surface area (Å²) in [5.74, 6) is 3.94. The fraction of sp³-hybridized carbons (Fsp3) is 0.852. The van der Waals surface area contributed by atoms with Crippen LogP contribution in [0.5, 0.6) is 0 Å². The summed E-state index contributed by atoms with van der Waals surface area (Å²) in [5, 5.41) is 4.17. The van der Waals surface area contributed by atoms with Crippen LogP contribution < -0.4 is 0 Å². The Morgan fingerprint density at radius 2 is 1.94 bits per heavy atom. The van der Waals surface area contributed by atoms with Crippen LogP contribution in [0.25, 0.3) is 0 Å². The van der Waals surface area contributed by atoms with E-state index in [-0.39, 0.29) is 28.6 Å². The van der Waals surface area contributed by atoms with Gasteiger partial charge in [0.15, 0.2) is 15.6 Å². The summed E-state index contributed by atoms with van der Waals surface area (Å²) < 4.78 is 31.0. The maximum atomic E-state index is 13.5. The van der Waals surface area contributed by atoms with Gasteiger partial charge < -0.3 is 4.74 Å². The first-order valence-electron chi connectivity index (χ1n) is 13.3. The Kier molecular flexibility index (Phi) is 6.28. The minimum atomic E-state index is -3.31. The minimum absolute atomic E-state index is 0.0480. The van der Waals surface area contributed by atoms with Crippen LogP contribution in [0.1, 0.15) is 71.6 Å². The van der Waals surface area contributed by atoms with Crippen molar-refractivity contribution < 1.29 is 17.9 Å². The number of hydrogen-bond donors (Lipinski definition) is 0. The molecule has 1 aromatic heterocycles. The average molecular weight is 491 g/mol. The van der Waals surface area contributed by atoms with Gasteiger partial charge in [-0.2, -0.15) is 5.10 Å². The highest BCUT2D eigenvalue weighted by molar-refractivity contribution is 7.90. The maximum Gasteiger partial charge on any atom is 0.178 e. The smallest absolute Gasteiger partial charge is 0.178 e. The van der Waals surface area contributed by atoms with Gasteiger partial charge in [-0.3, -0.25) is 9.48 Å². The standard InChI is InChI=1S/C27H42N2O4S/c1-18-9-12-27(17-33-3)19(13-18)5-6-21-22-7-8-24(26(22,2)11-10-23(21)27)25(30)16-29-15-20(14-28-29)34(4,31)32/h14-15,18-19,21-24H,5-13,16-17H2,1-4H3. The summed E-state index contributed by atoms with van der Waals surface area (Å²) in [6.45, 7) is 5.88. The van der Waals surface area contributed by atoms with Crippen LogP contribution in [-0.2, 0) is 25.9 Å². The number of Topliss-reactive ketones (excluding diaryl/α,β-unsaturated/α-hetero) is 1. The van der Waals surface area contributed by atoms with Gasteiger partial charge in [0.1, 0.15) is 4.90 Å². The number of aromatic nitrogens is 2. The Labute approximate surface area is 205 Å². The zero-order valence-electron chi connectivity index (χ0n) is 21.3. The van der Waals surface area contributed by atoms with E-state index in [0.29, 0.717) is 17.3 Å². The van der Waals surface area contributed by atoms with Crippen molar-refractivity contribution in [1.29, 1.82) is 0 Å². The first-order valence-corrected chi connectivity index (χ1v) is 15.2. The molecule has 0 spiro atoms. The molecule has 0 bridgehead atoms. The normalized spacial score (nSPS) is 42.0. The largest absolute Gasteiger partial charge is 0.384 e. The van der Waals surface area contributed by atoms with Crippen LogP contribution in [0, 0.1) is 46.3 Å². The second-order valence-electron chi connectivity index (χ2n) is 12.5. The molecule has 4 aliphatic rings. The molecule has 5 rings (SSSR count). The Hall–Kier alpha value is -1.21. The molecule has 0 aromatic carbocycles. The van der Waals surface area contributed by atoms with Gasteiger partial charge in [-0.15, -0.1) is 0 Å². The number of sulfone groups is 1. The summed E-state index contributed by atoms with van der Waals surface area (Å²) in [7, 11) is -1.43. The van der Waals surface area contributed by atoms with Crippen molar-refractivity contribution in [2.45, 2.75) is 83.1 Å². The predicted octanol–water partition coefficient (Wildman–Crippen LogP) is 4.78. The Morgan fingerprint density at radius 3 is 2.65 bits per heavy atom. The number of hydrogen-bond acceptors (Lipinski definition) is 5. The SMILES string of the molecule is COCC12CCC(C)CC1CCC1C3CCC(C(=O)Cn4cc(S(C)(=O)=O)cn4)C3(C)CCC12. The van der Waals surface area contributed by atoms with Gasteiger partial charge in [-0.05, 0) is 91.8 Å². The number of fused-ring (bicyclic) bond motifs is 5. The Bertz CT molecular complexity index is 1040. The molecule has 0 N–H and O–H groups in total. The molecular weight excluding hydrogens is 448 g/mol. The molecule has 8 unspecified atom stereocenters. The van der Waals surface area contributed by atoms with E-state index in [1.54, 1.807) is 0 Å². The molecule has 0 radical (unpaired) electrons. The third-order valence-electron chi connectivity index (χ3n) is 10.8. The molecule has 1 heterocycles. The van der Waals surface area contributed by atoms with E-state index < -0.39 is 9.84 Å². The van der Waals surface area contributed by atoms with Gasteiger partial charge in [0.2, 0.25) is 0 Å². The maximum absolute atomic E-state index is 13.5. The number of nitrogens with zero attached hydrogens (tertiary/aromatic N) is 2. The number of rotatable bonds is 6. The van der Waals surface area contributed by atoms with Crippen molar-refractivity contribution in [1.82, 2.24) is 9.78 Å². The van der Waals surface area contributed by atoms with Gasteiger partial charge in [0, 0.05) is 25.5 Å². The molecule has 0 aliphatic heterocycles. The highest BCUT2D eigenvalue weighted by Gasteiger charge is 2.62. The molecule has 0 saturated heterocycles. The summed E-state index contributed by atoms with van der Waals surface area (Å²) >= 11 is 0. The molecule has 190 valence electrons. The molecule has 4 saturated carbocycles.